The molecule has 122 valence electrons. The fourth-order valence-corrected chi connectivity index (χ4v) is 3.01. The number of nitrogens with zero attached hydrogens (tertiary/aromatic N) is 3. The Balaban J connectivity index is 1.79. The number of hydrogen-bond donors (Lipinski definition) is 1. The fraction of sp³-hybridized carbons (Fsp3) is 0.625. The Morgan fingerprint density at radius 1 is 1.50 bits per heavy atom. The number of rotatable bonds is 6. The van der Waals surface area contributed by atoms with Crippen LogP contribution < -0.4 is 0 Å². The molecule has 3 unspecified atom stereocenters. The number of aromatic nitrogens is 1. The van der Waals surface area contributed by atoms with E-state index in [4.69, 9.17) is 16.4 Å². The summed E-state index contributed by atoms with van der Waals surface area (Å²) in [5.41, 5.74) is 0.692. The molecule has 6 heteroatoms. The Morgan fingerprint density at radius 3 is 2.86 bits per heavy atom. The molecule has 1 aliphatic heterocycles. The highest BCUT2D eigenvalue weighted by molar-refractivity contribution is 6.69. The molecule has 0 aromatic carbocycles. The average Bonchev–Trinajstić information content (AvgIpc) is 2.52. The number of β-amino-alcohol motifs (C(OH)–C–C–N with tert-alkyl or cyclic N) is 1. The van der Waals surface area contributed by atoms with Gasteiger partial charge in [0.2, 0.25) is 0 Å². The third kappa shape index (κ3) is 4.93. The molecule has 0 aliphatic carbocycles. The van der Waals surface area contributed by atoms with E-state index in [1.165, 1.54) is 19.3 Å². The molecule has 1 saturated heterocycles. The Hall–Kier alpha value is -1.17. The van der Waals surface area contributed by atoms with Crippen molar-refractivity contribution in [1.82, 2.24) is 9.88 Å². The molecule has 0 amide bonds. The highest BCUT2D eigenvalue weighted by atomic mass is 35.5. The normalized spacial score (nSPS) is 25.0. The zero-order valence-corrected chi connectivity index (χ0v) is 13.9. The van der Waals surface area contributed by atoms with Gasteiger partial charge in [-0.2, -0.15) is 0 Å². The summed E-state index contributed by atoms with van der Waals surface area (Å²) in [4.78, 5) is 11.5. The Kier molecular flexibility index (Phi) is 6.61. The van der Waals surface area contributed by atoms with E-state index >= 15 is 0 Å². The minimum absolute atomic E-state index is 0.131. The van der Waals surface area contributed by atoms with Gasteiger partial charge in [0.15, 0.2) is 5.17 Å². The minimum Gasteiger partial charge on any atom is -0.392 e. The molecule has 1 N–H and O–H groups in total. The summed E-state index contributed by atoms with van der Waals surface area (Å²) in [6.07, 6.45) is 6.33. The summed E-state index contributed by atoms with van der Waals surface area (Å²) in [6, 6.07) is 4.58. The topological polar surface area (TPSA) is 58.0 Å². The smallest absolute Gasteiger partial charge is 0.177 e. The first-order chi connectivity index (χ1) is 10.6. The van der Waals surface area contributed by atoms with Crippen molar-refractivity contribution in [3.63, 3.8) is 0 Å². The molecule has 1 aliphatic rings. The number of piperidine rings is 1. The van der Waals surface area contributed by atoms with E-state index in [2.05, 4.69) is 28.9 Å². The molecule has 22 heavy (non-hydrogen) atoms. The molecule has 0 radical (unpaired) electrons. The van der Waals surface area contributed by atoms with Crippen molar-refractivity contribution < 1.29 is 9.94 Å². The van der Waals surface area contributed by atoms with Gasteiger partial charge in [-0.1, -0.05) is 23.2 Å². The SMILES string of the molecule is CC1CCCC(C)N1CC(O)CO/N=C(\Cl)c1cccnc1. The van der Waals surface area contributed by atoms with E-state index < -0.39 is 6.10 Å². The lowest BCUT2D eigenvalue weighted by Gasteiger charge is -2.39. The molecule has 1 aromatic heterocycles. The lowest BCUT2D eigenvalue weighted by molar-refractivity contribution is -0.00733. The van der Waals surface area contributed by atoms with Gasteiger partial charge in [-0.15, -0.1) is 0 Å². The maximum Gasteiger partial charge on any atom is 0.177 e. The van der Waals surface area contributed by atoms with E-state index in [1.54, 1.807) is 24.5 Å². The fourth-order valence-electron chi connectivity index (χ4n) is 2.85. The predicted octanol–water partition coefficient (Wildman–Crippen LogP) is 2.62. The van der Waals surface area contributed by atoms with Crippen molar-refractivity contribution in [1.29, 1.82) is 0 Å². The van der Waals surface area contributed by atoms with Crippen LogP contribution >= 0.6 is 11.6 Å². The lowest BCUT2D eigenvalue weighted by Crippen LogP contribution is -2.48. The predicted molar refractivity (Wildman–Crippen MR) is 88.1 cm³/mol. The van der Waals surface area contributed by atoms with Gasteiger partial charge in [0.05, 0.1) is 0 Å². The first kappa shape index (κ1) is 17.2. The van der Waals surface area contributed by atoms with Crippen LogP contribution in [0.15, 0.2) is 29.7 Å². The monoisotopic (exact) mass is 325 g/mol. The van der Waals surface area contributed by atoms with Crippen LogP contribution in [-0.4, -0.2) is 51.5 Å². The van der Waals surface area contributed by atoms with Crippen LogP contribution in [0.2, 0.25) is 0 Å². The van der Waals surface area contributed by atoms with Crippen LogP contribution in [0.4, 0.5) is 0 Å². The van der Waals surface area contributed by atoms with Crippen LogP contribution in [0.1, 0.15) is 38.7 Å². The summed E-state index contributed by atoms with van der Waals surface area (Å²) in [7, 11) is 0. The number of halogens is 1. The van der Waals surface area contributed by atoms with Crippen molar-refractivity contribution in [2.45, 2.75) is 51.3 Å². The summed E-state index contributed by atoms with van der Waals surface area (Å²) < 4.78 is 0. The van der Waals surface area contributed by atoms with Crippen LogP contribution in [0.3, 0.4) is 0 Å². The molecule has 0 saturated carbocycles. The largest absolute Gasteiger partial charge is 0.392 e. The van der Waals surface area contributed by atoms with Gasteiger partial charge in [0.25, 0.3) is 0 Å². The first-order valence-electron chi connectivity index (χ1n) is 7.77. The number of aliphatic hydroxyl groups excluding tert-OH is 1. The van der Waals surface area contributed by atoms with Crippen LogP contribution in [0.5, 0.6) is 0 Å². The van der Waals surface area contributed by atoms with Gasteiger partial charge in [-0.3, -0.25) is 9.88 Å². The van der Waals surface area contributed by atoms with Crippen LogP contribution in [0, 0.1) is 0 Å². The number of hydrogen-bond acceptors (Lipinski definition) is 5. The van der Waals surface area contributed by atoms with Crippen molar-refractivity contribution in [3.05, 3.63) is 30.1 Å². The van der Waals surface area contributed by atoms with Gasteiger partial charge < -0.3 is 9.94 Å². The van der Waals surface area contributed by atoms with Crippen LogP contribution in [-0.2, 0) is 4.84 Å². The van der Waals surface area contributed by atoms with E-state index in [1.807, 2.05) is 0 Å². The molecule has 0 bridgehead atoms. The second-order valence-corrected chi connectivity index (χ2v) is 6.26. The van der Waals surface area contributed by atoms with Gasteiger partial charge >= 0.3 is 0 Å². The van der Waals surface area contributed by atoms with E-state index in [-0.39, 0.29) is 11.8 Å². The minimum atomic E-state index is -0.579. The first-order valence-corrected chi connectivity index (χ1v) is 8.15. The second-order valence-electron chi connectivity index (χ2n) is 5.90. The maximum absolute atomic E-state index is 10.1. The third-order valence-corrected chi connectivity index (χ3v) is 4.40. The summed E-state index contributed by atoms with van der Waals surface area (Å²) in [5, 5.41) is 14.2. The Bertz CT molecular complexity index is 474. The Labute approximate surface area is 136 Å². The maximum atomic E-state index is 10.1. The van der Waals surface area contributed by atoms with Crippen molar-refractivity contribution in [2.75, 3.05) is 13.2 Å². The second kappa shape index (κ2) is 8.46. The number of oxime groups is 1. The zero-order chi connectivity index (χ0) is 15.9. The van der Waals surface area contributed by atoms with Crippen molar-refractivity contribution >= 4 is 16.8 Å². The molecular weight excluding hydrogens is 302 g/mol. The number of likely N-dealkylation sites (tertiary alicyclic amines) is 1. The van der Waals surface area contributed by atoms with Gasteiger partial charge in [0.1, 0.15) is 12.7 Å². The molecule has 2 heterocycles. The quantitative estimate of drug-likeness (QED) is 0.645. The molecule has 0 spiro atoms. The lowest BCUT2D eigenvalue weighted by atomic mass is 9.97. The van der Waals surface area contributed by atoms with E-state index in [0.717, 1.165) is 0 Å². The standard InChI is InChI=1S/C16H24ClN3O2/c1-12-5-3-6-13(2)20(12)10-15(21)11-22-19-16(17)14-7-4-8-18-9-14/h4,7-9,12-13,15,21H,3,5-6,10-11H2,1-2H3/b19-16-. The average molecular weight is 326 g/mol. The van der Waals surface area contributed by atoms with Gasteiger partial charge in [-0.05, 0) is 38.8 Å². The van der Waals surface area contributed by atoms with Crippen LogP contribution in [0.25, 0.3) is 0 Å². The van der Waals surface area contributed by atoms with E-state index in [0.29, 0.717) is 24.2 Å². The molecule has 5 nitrogen and oxygen atoms in total. The highest BCUT2D eigenvalue weighted by Gasteiger charge is 2.26. The zero-order valence-electron chi connectivity index (χ0n) is 13.2. The molecule has 1 aromatic rings. The number of pyridine rings is 1. The number of aliphatic hydroxyl groups is 1. The van der Waals surface area contributed by atoms with Gasteiger partial charge in [-0.25, -0.2) is 0 Å². The van der Waals surface area contributed by atoms with Gasteiger partial charge in [0, 0.05) is 36.6 Å². The van der Waals surface area contributed by atoms with Crippen molar-refractivity contribution in [3.8, 4) is 0 Å². The Morgan fingerprint density at radius 2 is 2.23 bits per heavy atom. The highest BCUT2D eigenvalue weighted by Crippen LogP contribution is 2.22. The van der Waals surface area contributed by atoms with E-state index in [9.17, 15) is 5.11 Å². The molecule has 2 rings (SSSR count). The van der Waals surface area contributed by atoms with Crippen molar-refractivity contribution in [2.24, 2.45) is 5.16 Å². The third-order valence-electron chi connectivity index (χ3n) is 4.11. The summed E-state index contributed by atoms with van der Waals surface area (Å²) in [5.74, 6) is 0. The summed E-state index contributed by atoms with van der Waals surface area (Å²) in [6.45, 7) is 5.15. The summed E-state index contributed by atoms with van der Waals surface area (Å²) >= 11 is 6.02. The molecular formula is C16H24ClN3O2. The molecule has 1 fully saturated rings. The molecule has 3 atom stereocenters.